The van der Waals surface area contributed by atoms with Crippen molar-refractivity contribution < 1.29 is 19.1 Å². The molecule has 1 fully saturated rings. The number of rotatable bonds is 7. The summed E-state index contributed by atoms with van der Waals surface area (Å²) < 4.78 is 6.61. The topological polar surface area (TPSA) is 75.7 Å². The first-order valence-corrected chi connectivity index (χ1v) is 13.6. The molecule has 0 aliphatic carbocycles. The molecule has 190 valence electrons. The molecule has 1 aliphatic rings. The number of hydrogen-bond donors (Lipinski definition) is 1. The second kappa shape index (κ2) is 11.4. The first kappa shape index (κ1) is 26.0. The third kappa shape index (κ3) is 6.10. The Balaban J connectivity index is 1.19. The first-order chi connectivity index (χ1) is 18.4. The smallest absolute Gasteiger partial charge is 0.294 e. The highest BCUT2D eigenvalue weighted by atomic mass is 79.9. The number of nitrogens with zero attached hydrogens (tertiary/aromatic N) is 1. The van der Waals surface area contributed by atoms with Gasteiger partial charge in [-0.15, -0.1) is 0 Å². The minimum atomic E-state index is -0.513. The Morgan fingerprint density at radius 2 is 1.74 bits per heavy atom. The molecule has 6 nitrogen and oxygen atoms in total. The third-order valence-corrected chi connectivity index (χ3v) is 7.92. The molecule has 0 unspecified atom stereocenters. The molecular weight excluding hydrogens is 588 g/mol. The number of imide groups is 1. The lowest BCUT2D eigenvalue weighted by Gasteiger charge is -2.12. The summed E-state index contributed by atoms with van der Waals surface area (Å²) in [6.07, 6.45) is 1.63. The van der Waals surface area contributed by atoms with Crippen LogP contribution in [0.4, 0.5) is 10.5 Å². The molecule has 0 spiro atoms. The van der Waals surface area contributed by atoms with Crippen LogP contribution < -0.4 is 10.1 Å². The number of benzene rings is 4. The molecule has 38 heavy (non-hydrogen) atoms. The Bertz CT molecular complexity index is 1590. The zero-order valence-electron chi connectivity index (χ0n) is 19.8. The summed E-state index contributed by atoms with van der Waals surface area (Å²) in [6.45, 7) is 0.0365. The van der Waals surface area contributed by atoms with Crippen molar-refractivity contribution in [2.24, 2.45) is 0 Å². The molecule has 1 heterocycles. The number of carbonyl (C=O) groups is 3. The van der Waals surface area contributed by atoms with Gasteiger partial charge in [-0.05, 0) is 92.1 Å². The fourth-order valence-corrected chi connectivity index (χ4v) is 5.13. The molecule has 3 amide bonds. The van der Waals surface area contributed by atoms with Crippen LogP contribution in [-0.2, 0) is 16.2 Å². The van der Waals surface area contributed by atoms with Crippen molar-refractivity contribution in [3.8, 4) is 5.75 Å². The molecular formula is C29H20BrClN2O4S. The van der Waals surface area contributed by atoms with Crippen LogP contribution in [0.3, 0.4) is 0 Å². The molecule has 1 aliphatic heterocycles. The summed E-state index contributed by atoms with van der Waals surface area (Å²) in [7, 11) is 0. The maximum absolute atomic E-state index is 12.8. The van der Waals surface area contributed by atoms with E-state index in [1.165, 1.54) is 5.39 Å². The summed E-state index contributed by atoms with van der Waals surface area (Å²) in [4.78, 5) is 38.8. The lowest BCUT2D eigenvalue weighted by molar-refractivity contribution is -0.127. The molecule has 0 saturated carbocycles. The van der Waals surface area contributed by atoms with Crippen LogP contribution in [0.1, 0.15) is 11.1 Å². The highest BCUT2D eigenvalue weighted by Crippen LogP contribution is 2.32. The number of carbonyl (C=O) groups excluding carboxylic acids is 3. The van der Waals surface area contributed by atoms with Crippen LogP contribution >= 0.6 is 39.3 Å². The number of thioether (sulfide) groups is 1. The van der Waals surface area contributed by atoms with Crippen LogP contribution in [0.5, 0.6) is 5.75 Å². The maximum Gasteiger partial charge on any atom is 0.294 e. The number of halogens is 2. The second-order valence-corrected chi connectivity index (χ2v) is 10.7. The van der Waals surface area contributed by atoms with Gasteiger partial charge in [0.25, 0.3) is 11.1 Å². The normalized spacial score (nSPS) is 14.4. The monoisotopic (exact) mass is 606 g/mol. The summed E-state index contributed by atoms with van der Waals surface area (Å²) >= 11 is 10.1. The van der Waals surface area contributed by atoms with Crippen LogP contribution in [0.25, 0.3) is 16.8 Å². The SMILES string of the molecule is O=C(CN1C(=O)S/C(=C\c2ccc(OCc3ccc4ccccc4c3)cc2)C1=O)Nc1ccc(Br)c(Cl)c1. The van der Waals surface area contributed by atoms with E-state index in [4.69, 9.17) is 16.3 Å². The number of ether oxygens (including phenoxy) is 1. The Kier molecular flexibility index (Phi) is 7.83. The van der Waals surface area contributed by atoms with Gasteiger partial charge in [0.2, 0.25) is 5.91 Å². The maximum atomic E-state index is 12.8. The minimum Gasteiger partial charge on any atom is -0.489 e. The van der Waals surface area contributed by atoms with Crippen molar-refractivity contribution >= 4 is 78.9 Å². The van der Waals surface area contributed by atoms with Crippen LogP contribution in [-0.4, -0.2) is 28.5 Å². The van der Waals surface area contributed by atoms with E-state index in [-0.39, 0.29) is 4.91 Å². The summed E-state index contributed by atoms with van der Waals surface area (Å²) in [5, 5.41) is 4.92. The Labute approximate surface area is 236 Å². The molecule has 9 heteroatoms. The van der Waals surface area contributed by atoms with Gasteiger partial charge in [0.05, 0.1) is 9.93 Å². The molecule has 1 N–H and O–H groups in total. The number of hydrogen-bond acceptors (Lipinski definition) is 5. The zero-order valence-corrected chi connectivity index (χ0v) is 23.0. The summed E-state index contributed by atoms with van der Waals surface area (Å²) in [5.41, 5.74) is 2.27. The summed E-state index contributed by atoms with van der Waals surface area (Å²) in [5.74, 6) is -0.325. The number of nitrogens with one attached hydrogen (secondary N) is 1. The van der Waals surface area contributed by atoms with Gasteiger partial charge in [-0.25, -0.2) is 0 Å². The highest BCUT2D eigenvalue weighted by Gasteiger charge is 2.36. The van der Waals surface area contributed by atoms with E-state index in [0.29, 0.717) is 27.5 Å². The van der Waals surface area contributed by atoms with Crippen LogP contribution in [0.15, 0.2) is 94.3 Å². The third-order valence-electron chi connectivity index (χ3n) is 5.78. The lowest BCUT2D eigenvalue weighted by atomic mass is 10.1. The van der Waals surface area contributed by atoms with Gasteiger partial charge in [0.15, 0.2) is 0 Å². The molecule has 0 radical (unpaired) electrons. The quantitative estimate of drug-likeness (QED) is 0.220. The van der Waals surface area contributed by atoms with Gasteiger partial charge >= 0.3 is 0 Å². The number of amides is 3. The molecule has 4 aromatic rings. The predicted molar refractivity (Wildman–Crippen MR) is 155 cm³/mol. The predicted octanol–water partition coefficient (Wildman–Crippen LogP) is 7.51. The van der Waals surface area contributed by atoms with Crippen molar-refractivity contribution in [3.05, 3.63) is 110 Å². The number of fused-ring (bicyclic) bond motifs is 1. The van der Waals surface area contributed by atoms with E-state index in [2.05, 4.69) is 45.5 Å². The van der Waals surface area contributed by atoms with Crippen molar-refractivity contribution in [2.75, 3.05) is 11.9 Å². The van der Waals surface area contributed by atoms with Crippen molar-refractivity contribution in [3.63, 3.8) is 0 Å². The Morgan fingerprint density at radius 1 is 0.974 bits per heavy atom. The van der Waals surface area contributed by atoms with Crippen LogP contribution in [0, 0.1) is 0 Å². The molecule has 0 atom stereocenters. The molecule has 0 bridgehead atoms. The van der Waals surface area contributed by atoms with E-state index in [9.17, 15) is 14.4 Å². The average Bonchev–Trinajstić information content (AvgIpc) is 3.17. The van der Waals surface area contributed by atoms with E-state index in [1.807, 2.05) is 42.5 Å². The van der Waals surface area contributed by atoms with E-state index < -0.39 is 23.6 Å². The van der Waals surface area contributed by atoms with Crippen molar-refractivity contribution in [2.45, 2.75) is 6.61 Å². The molecule has 5 rings (SSSR count). The van der Waals surface area contributed by atoms with E-state index in [1.54, 1.807) is 24.3 Å². The zero-order chi connectivity index (χ0) is 26.6. The van der Waals surface area contributed by atoms with E-state index in [0.717, 1.165) is 33.2 Å². The molecule has 1 saturated heterocycles. The van der Waals surface area contributed by atoms with Crippen molar-refractivity contribution in [1.82, 2.24) is 4.90 Å². The first-order valence-electron chi connectivity index (χ1n) is 11.6. The van der Waals surface area contributed by atoms with Crippen LogP contribution in [0.2, 0.25) is 5.02 Å². The fraction of sp³-hybridized carbons (Fsp3) is 0.0690. The Morgan fingerprint density at radius 3 is 2.50 bits per heavy atom. The minimum absolute atomic E-state index is 0.249. The standard InChI is InChI=1S/C29H20BrClN2O4S/c30-24-12-9-22(15-25(24)31)32-27(34)16-33-28(35)26(38-29(33)36)14-18-6-10-23(11-7-18)37-17-19-5-8-20-3-1-2-4-21(20)13-19/h1-15H,16-17H2,(H,32,34)/b26-14-. The van der Waals surface area contributed by atoms with Gasteiger partial charge < -0.3 is 10.1 Å². The van der Waals surface area contributed by atoms with Gasteiger partial charge in [0.1, 0.15) is 18.9 Å². The largest absolute Gasteiger partial charge is 0.489 e. The second-order valence-electron chi connectivity index (χ2n) is 8.48. The van der Waals surface area contributed by atoms with Gasteiger partial charge in [0, 0.05) is 10.2 Å². The fourth-order valence-electron chi connectivity index (χ4n) is 3.86. The highest BCUT2D eigenvalue weighted by molar-refractivity contribution is 9.10. The van der Waals surface area contributed by atoms with Crippen molar-refractivity contribution in [1.29, 1.82) is 0 Å². The van der Waals surface area contributed by atoms with E-state index >= 15 is 0 Å². The van der Waals surface area contributed by atoms with Gasteiger partial charge in [-0.2, -0.15) is 0 Å². The summed E-state index contributed by atoms with van der Waals surface area (Å²) in [6, 6.07) is 26.6. The molecule has 4 aromatic carbocycles. The van der Waals surface area contributed by atoms with Gasteiger partial charge in [-0.3, -0.25) is 19.3 Å². The number of anilines is 1. The van der Waals surface area contributed by atoms with Gasteiger partial charge in [-0.1, -0.05) is 60.1 Å². The average molecular weight is 608 g/mol. The lowest BCUT2D eigenvalue weighted by Crippen LogP contribution is -2.36. The molecule has 0 aromatic heterocycles. The Hall–Kier alpha value is -3.59.